The zero-order chi connectivity index (χ0) is 23.6. The lowest BCUT2D eigenvalue weighted by molar-refractivity contribution is -0.139. The molecule has 0 bridgehead atoms. The van der Waals surface area contributed by atoms with Gasteiger partial charge in [0, 0.05) is 37.6 Å². The Kier molecular flexibility index (Phi) is 8.20. The van der Waals surface area contributed by atoms with Crippen LogP contribution in [0.15, 0.2) is 58.7 Å². The van der Waals surface area contributed by atoms with Gasteiger partial charge in [0.2, 0.25) is 0 Å². The monoisotopic (exact) mass is 464 g/mol. The van der Waals surface area contributed by atoms with E-state index in [1.165, 1.54) is 12.4 Å². The highest BCUT2D eigenvalue weighted by molar-refractivity contribution is 6.35. The largest absolute Gasteiger partial charge is 0.378 e. The fraction of sp³-hybridized carbons (Fsp3) is 0.333. The Bertz CT molecular complexity index is 1030. The number of anilines is 2. The minimum Gasteiger partial charge on any atom is -0.378 e. The standard InChI is InChI=1S/C24H28N6O4/c31-23(27-25-17-19-4-6-21(7-5-19)29-8-12-33-13-9-29)24(32)28-26-18-20-2-1-3-22(16-20)30-10-14-34-15-11-30/h1-7,16-18H,8-15H2,(H,27,31)(H,28,32)/b25-17+,26-18?. The Morgan fingerprint density at radius 2 is 1.24 bits per heavy atom. The molecule has 2 aliphatic rings. The van der Waals surface area contributed by atoms with Crippen LogP contribution in [0.4, 0.5) is 11.4 Å². The van der Waals surface area contributed by atoms with E-state index in [2.05, 4.69) is 30.9 Å². The summed E-state index contributed by atoms with van der Waals surface area (Å²) in [5.74, 6) is -1.80. The molecule has 4 rings (SSSR count). The van der Waals surface area contributed by atoms with Crippen molar-refractivity contribution >= 4 is 35.6 Å². The van der Waals surface area contributed by atoms with Gasteiger partial charge in [0.1, 0.15) is 0 Å². The van der Waals surface area contributed by atoms with Crippen molar-refractivity contribution in [3.8, 4) is 0 Å². The predicted octanol–water partition coefficient (Wildman–Crippen LogP) is 0.960. The van der Waals surface area contributed by atoms with Crippen molar-refractivity contribution in [2.45, 2.75) is 0 Å². The van der Waals surface area contributed by atoms with Gasteiger partial charge in [-0.05, 0) is 35.4 Å². The lowest BCUT2D eigenvalue weighted by Crippen LogP contribution is -2.36. The molecule has 10 heteroatoms. The van der Waals surface area contributed by atoms with Crippen molar-refractivity contribution in [3.63, 3.8) is 0 Å². The Balaban J connectivity index is 1.23. The molecule has 0 spiro atoms. The average molecular weight is 465 g/mol. The van der Waals surface area contributed by atoms with E-state index < -0.39 is 11.8 Å². The number of carbonyl (C=O) groups excluding carboxylic acids is 2. The van der Waals surface area contributed by atoms with Crippen molar-refractivity contribution in [1.29, 1.82) is 0 Å². The van der Waals surface area contributed by atoms with Crippen molar-refractivity contribution in [1.82, 2.24) is 10.9 Å². The molecule has 0 aromatic heterocycles. The average Bonchev–Trinajstić information content (AvgIpc) is 2.90. The van der Waals surface area contributed by atoms with Crippen LogP contribution in [0.25, 0.3) is 0 Å². The van der Waals surface area contributed by atoms with Gasteiger partial charge in [-0.1, -0.05) is 24.3 Å². The number of hydrogen-bond acceptors (Lipinski definition) is 8. The number of amides is 2. The fourth-order valence-corrected chi connectivity index (χ4v) is 3.65. The maximum atomic E-state index is 12.0. The van der Waals surface area contributed by atoms with Crippen LogP contribution in [0.5, 0.6) is 0 Å². The predicted molar refractivity (Wildman–Crippen MR) is 130 cm³/mol. The minimum atomic E-state index is -0.902. The number of nitrogens with one attached hydrogen (secondary N) is 2. The molecule has 0 atom stereocenters. The second-order valence-corrected chi connectivity index (χ2v) is 7.78. The van der Waals surface area contributed by atoms with E-state index in [-0.39, 0.29) is 0 Å². The molecule has 2 aromatic carbocycles. The van der Waals surface area contributed by atoms with Gasteiger partial charge in [-0.3, -0.25) is 9.59 Å². The van der Waals surface area contributed by atoms with Gasteiger partial charge < -0.3 is 19.3 Å². The van der Waals surface area contributed by atoms with E-state index in [0.29, 0.717) is 13.2 Å². The van der Waals surface area contributed by atoms with Crippen LogP contribution < -0.4 is 20.7 Å². The van der Waals surface area contributed by atoms with Crippen LogP contribution in [0, 0.1) is 0 Å². The summed E-state index contributed by atoms with van der Waals surface area (Å²) in [4.78, 5) is 28.4. The molecule has 0 radical (unpaired) electrons. The summed E-state index contributed by atoms with van der Waals surface area (Å²) in [7, 11) is 0. The van der Waals surface area contributed by atoms with E-state index in [1.807, 2.05) is 48.5 Å². The maximum Gasteiger partial charge on any atom is 0.331 e. The van der Waals surface area contributed by atoms with Gasteiger partial charge in [-0.2, -0.15) is 10.2 Å². The number of carbonyl (C=O) groups is 2. The molecule has 0 unspecified atom stereocenters. The summed E-state index contributed by atoms with van der Waals surface area (Å²) >= 11 is 0. The summed E-state index contributed by atoms with van der Waals surface area (Å²) < 4.78 is 10.7. The highest BCUT2D eigenvalue weighted by Crippen LogP contribution is 2.17. The molecule has 2 aromatic rings. The zero-order valence-corrected chi connectivity index (χ0v) is 18.9. The Hall–Kier alpha value is -3.76. The topological polar surface area (TPSA) is 108 Å². The first kappa shape index (κ1) is 23.4. The van der Waals surface area contributed by atoms with Crippen LogP contribution in [0.3, 0.4) is 0 Å². The fourth-order valence-electron chi connectivity index (χ4n) is 3.65. The van der Waals surface area contributed by atoms with Gasteiger partial charge in [0.15, 0.2) is 0 Å². The Labute approximate surface area is 198 Å². The summed E-state index contributed by atoms with van der Waals surface area (Å²) in [6.45, 7) is 6.23. The number of ether oxygens (including phenoxy) is 2. The summed E-state index contributed by atoms with van der Waals surface area (Å²) in [5, 5.41) is 7.72. The Morgan fingerprint density at radius 3 is 1.82 bits per heavy atom. The first-order valence-corrected chi connectivity index (χ1v) is 11.2. The molecule has 2 aliphatic heterocycles. The lowest BCUT2D eigenvalue weighted by Gasteiger charge is -2.29. The normalized spacial score (nSPS) is 16.7. The number of hydrogen-bond donors (Lipinski definition) is 2. The van der Waals surface area contributed by atoms with Gasteiger partial charge >= 0.3 is 11.8 Å². The molecular formula is C24H28N6O4. The number of rotatable bonds is 6. The molecule has 2 N–H and O–H groups in total. The first-order valence-electron chi connectivity index (χ1n) is 11.2. The minimum absolute atomic E-state index is 0.700. The van der Waals surface area contributed by atoms with Gasteiger partial charge in [0.05, 0.1) is 38.9 Å². The third-order valence-electron chi connectivity index (χ3n) is 5.48. The maximum absolute atomic E-state index is 12.0. The molecule has 0 aliphatic carbocycles. The van der Waals surface area contributed by atoms with Crippen LogP contribution in [0.2, 0.25) is 0 Å². The first-order chi connectivity index (χ1) is 16.7. The van der Waals surface area contributed by atoms with Gasteiger partial charge in [0.25, 0.3) is 0 Å². The molecule has 2 saturated heterocycles. The number of morpholine rings is 2. The summed E-state index contributed by atoms with van der Waals surface area (Å²) in [6.07, 6.45) is 2.98. The van der Waals surface area contributed by atoms with Gasteiger partial charge in [-0.25, -0.2) is 10.9 Å². The third-order valence-corrected chi connectivity index (χ3v) is 5.48. The molecule has 0 saturated carbocycles. The van der Waals surface area contributed by atoms with Crippen LogP contribution >= 0.6 is 0 Å². The molecule has 2 heterocycles. The summed E-state index contributed by atoms with van der Waals surface area (Å²) in [5.41, 5.74) is 8.20. The highest BCUT2D eigenvalue weighted by Gasteiger charge is 2.13. The van der Waals surface area contributed by atoms with E-state index in [1.54, 1.807) is 0 Å². The lowest BCUT2D eigenvalue weighted by atomic mass is 10.2. The number of benzene rings is 2. The second kappa shape index (κ2) is 11.9. The number of hydrazone groups is 2. The quantitative estimate of drug-likeness (QED) is 0.375. The molecule has 10 nitrogen and oxygen atoms in total. The van der Waals surface area contributed by atoms with Gasteiger partial charge in [-0.15, -0.1) is 0 Å². The Morgan fingerprint density at radius 1 is 0.706 bits per heavy atom. The summed E-state index contributed by atoms with van der Waals surface area (Å²) in [6, 6.07) is 15.6. The smallest absolute Gasteiger partial charge is 0.331 e. The van der Waals surface area contributed by atoms with Crippen molar-refractivity contribution < 1.29 is 19.1 Å². The molecule has 2 fully saturated rings. The number of nitrogens with zero attached hydrogens (tertiary/aromatic N) is 4. The van der Waals surface area contributed by atoms with Crippen LogP contribution in [-0.2, 0) is 19.1 Å². The van der Waals surface area contributed by atoms with E-state index in [0.717, 1.165) is 61.9 Å². The molecule has 2 amide bonds. The highest BCUT2D eigenvalue weighted by atomic mass is 16.5. The SMILES string of the molecule is O=C(NN=Cc1cccc(N2CCOCC2)c1)C(=O)N/N=C/c1ccc(N2CCOCC2)cc1. The zero-order valence-electron chi connectivity index (χ0n) is 18.9. The van der Waals surface area contributed by atoms with Crippen molar-refractivity contribution in [3.05, 3.63) is 59.7 Å². The van der Waals surface area contributed by atoms with Crippen LogP contribution in [-0.4, -0.2) is 76.9 Å². The van der Waals surface area contributed by atoms with Crippen molar-refractivity contribution in [2.24, 2.45) is 10.2 Å². The molecule has 34 heavy (non-hydrogen) atoms. The van der Waals surface area contributed by atoms with E-state index in [9.17, 15) is 9.59 Å². The molecular weight excluding hydrogens is 436 g/mol. The second-order valence-electron chi connectivity index (χ2n) is 7.78. The molecule has 178 valence electrons. The van der Waals surface area contributed by atoms with Crippen LogP contribution in [0.1, 0.15) is 11.1 Å². The van der Waals surface area contributed by atoms with E-state index in [4.69, 9.17) is 9.47 Å². The third kappa shape index (κ3) is 6.63. The van der Waals surface area contributed by atoms with E-state index >= 15 is 0 Å². The van der Waals surface area contributed by atoms with Crippen molar-refractivity contribution in [2.75, 3.05) is 62.4 Å².